The molecule has 0 unspecified atom stereocenters. The lowest BCUT2D eigenvalue weighted by atomic mass is 10.2. The number of carbonyl (C=O) groups excluding carboxylic acids is 1. The fourth-order valence-electron chi connectivity index (χ4n) is 4.17. The van der Waals surface area contributed by atoms with Gasteiger partial charge in [-0.1, -0.05) is 33.1 Å². The summed E-state index contributed by atoms with van der Waals surface area (Å²) in [5, 5.41) is 3.32. The maximum atomic E-state index is 12.1. The molecule has 0 spiro atoms. The second-order valence-corrected chi connectivity index (χ2v) is 11.4. The van der Waals surface area contributed by atoms with Crippen LogP contribution in [-0.2, 0) is 56.8 Å². The van der Waals surface area contributed by atoms with Gasteiger partial charge in [-0.2, -0.15) is 0 Å². The molecule has 1 aromatic carbocycles. The van der Waals surface area contributed by atoms with Crippen LogP contribution in [0.2, 0.25) is 0 Å². The number of carbonyl (C=O) groups is 1. The summed E-state index contributed by atoms with van der Waals surface area (Å²) < 4.78 is 65.6. The Hall–Kier alpha value is -1.95. The van der Waals surface area contributed by atoms with Crippen molar-refractivity contribution in [1.29, 1.82) is 0 Å². The molecule has 1 aromatic rings. The van der Waals surface area contributed by atoms with Gasteiger partial charge in [0.2, 0.25) is 0 Å². The van der Waals surface area contributed by atoms with E-state index >= 15 is 0 Å². The number of nitrogens with one attached hydrogen (secondary N) is 1. The molecule has 0 aliphatic carbocycles. The van der Waals surface area contributed by atoms with E-state index in [1.165, 1.54) is 12.8 Å². The molecule has 0 aromatic heterocycles. The van der Waals surface area contributed by atoms with E-state index in [1.807, 2.05) is 12.1 Å². The number of benzene rings is 1. The molecule has 1 N–H and O–H groups in total. The summed E-state index contributed by atoms with van der Waals surface area (Å²) in [6.07, 6.45) is 5.78. The average Bonchev–Trinajstić information content (AvgIpc) is 3.16. The molecule has 0 bridgehead atoms. The lowest BCUT2D eigenvalue weighted by Gasteiger charge is -2.09. The highest BCUT2D eigenvalue weighted by Gasteiger charge is 2.07. The molecular formula is C38H69NO13. The lowest BCUT2D eigenvalue weighted by molar-refractivity contribution is -0.0280. The van der Waals surface area contributed by atoms with Gasteiger partial charge in [0.05, 0.1) is 144 Å². The van der Waals surface area contributed by atoms with Gasteiger partial charge in [-0.3, -0.25) is 0 Å². The number of unbranched alkanes of at least 4 members (excludes halogenated alkanes) is 3. The van der Waals surface area contributed by atoms with Crippen molar-refractivity contribution in [1.82, 2.24) is 0 Å². The standard InChI is InChI=1S/C38H69NO13/c1-3-5-7-13-41-14-15-42-16-17-43-18-19-44-20-21-45-22-23-46-24-25-47-26-27-48-28-29-49-30-31-50-32-33-51-34-35-52-38(40)36-8-10-37(11-9-36)39-12-6-4-2/h8-11,39H,3-7,12-35H2,1-2H3. The third kappa shape index (κ3) is 33.9. The van der Waals surface area contributed by atoms with Crippen molar-refractivity contribution < 1.29 is 61.6 Å². The molecule has 0 aliphatic heterocycles. The van der Waals surface area contributed by atoms with E-state index in [9.17, 15) is 4.79 Å². The fraction of sp³-hybridized carbons (Fsp3) is 0.816. The molecule has 0 saturated heterocycles. The van der Waals surface area contributed by atoms with E-state index in [4.69, 9.17) is 56.8 Å². The van der Waals surface area contributed by atoms with Crippen molar-refractivity contribution >= 4 is 11.7 Å². The Morgan fingerprint density at radius 3 is 1.04 bits per heavy atom. The Labute approximate surface area is 312 Å². The molecule has 0 aliphatic rings. The summed E-state index contributed by atoms with van der Waals surface area (Å²) in [5.41, 5.74) is 1.52. The summed E-state index contributed by atoms with van der Waals surface area (Å²) >= 11 is 0. The molecule has 1 rings (SSSR count). The van der Waals surface area contributed by atoms with Gasteiger partial charge in [-0.05, 0) is 37.1 Å². The third-order valence-corrected chi connectivity index (χ3v) is 7.05. The molecule has 0 heterocycles. The SMILES string of the molecule is CCCCCOCCOCCOCCOCCOCCOCCOCCOCCOCCOCCOCCOC(=O)c1ccc(NCCCC)cc1. The zero-order valence-corrected chi connectivity index (χ0v) is 32.1. The van der Waals surface area contributed by atoms with Gasteiger partial charge in [0.15, 0.2) is 0 Å². The van der Waals surface area contributed by atoms with E-state index in [0.29, 0.717) is 144 Å². The van der Waals surface area contributed by atoms with Crippen molar-refractivity contribution in [3.05, 3.63) is 29.8 Å². The minimum absolute atomic E-state index is 0.190. The van der Waals surface area contributed by atoms with E-state index < -0.39 is 0 Å². The number of anilines is 1. The van der Waals surface area contributed by atoms with E-state index in [0.717, 1.165) is 38.1 Å². The van der Waals surface area contributed by atoms with Crippen LogP contribution in [0, 0.1) is 0 Å². The summed E-state index contributed by atoms with van der Waals surface area (Å²) in [6, 6.07) is 7.29. The number of esters is 1. The molecule has 14 nitrogen and oxygen atoms in total. The first-order valence-electron chi connectivity index (χ1n) is 19.1. The first kappa shape index (κ1) is 48.1. The Morgan fingerprint density at radius 1 is 0.404 bits per heavy atom. The van der Waals surface area contributed by atoms with Crippen LogP contribution in [0.3, 0.4) is 0 Å². The Balaban J connectivity index is 1.68. The van der Waals surface area contributed by atoms with Gasteiger partial charge in [0.25, 0.3) is 0 Å². The Kier molecular flexibility index (Phi) is 37.2. The number of hydrogen-bond donors (Lipinski definition) is 1. The highest BCUT2D eigenvalue weighted by atomic mass is 16.6. The number of hydrogen-bond acceptors (Lipinski definition) is 14. The molecule has 0 radical (unpaired) electrons. The highest BCUT2D eigenvalue weighted by molar-refractivity contribution is 5.89. The molecular weight excluding hydrogens is 678 g/mol. The second kappa shape index (κ2) is 40.2. The molecule has 52 heavy (non-hydrogen) atoms. The van der Waals surface area contributed by atoms with Crippen molar-refractivity contribution in [3.63, 3.8) is 0 Å². The lowest BCUT2D eigenvalue weighted by Crippen LogP contribution is -2.15. The van der Waals surface area contributed by atoms with Gasteiger partial charge in [-0.15, -0.1) is 0 Å². The zero-order chi connectivity index (χ0) is 37.3. The molecule has 14 heteroatoms. The predicted octanol–water partition coefficient (Wildman–Crippen LogP) is 4.43. The first-order chi connectivity index (χ1) is 25.8. The highest BCUT2D eigenvalue weighted by Crippen LogP contribution is 2.11. The summed E-state index contributed by atoms with van der Waals surface area (Å²) in [5.74, 6) is -0.360. The van der Waals surface area contributed by atoms with Crippen molar-refractivity contribution in [2.24, 2.45) is 0 Å². The maximum Gasteiger partial charge on any atom is 0.338 e. The number of rotatable bonds is 42. The van der Waals surface area contributed by atoms with Crippen LogP contribution in [0.4, 0.5) is 5.69 Å². The quantitative estimate of drug-likeness (QED) is 0.0745. The Morgan fingerprint density at radius 2 is 0.712 bits per heavy atom. The maximum absolute atomic E-state index is 12.1. The zero-order valence-electron chi connectivity index (χ0n) is 32.1. The van der Waals surface area contributed by atoms with Crippen molar-refractivity contribution in [3.8, 4) is 0 Å². The monoisotopic (exact) mass is 747 g/mol. The summed E-state index contributed by atoms with van der Waals surface area (Å²) in [6.45, 7) is 16.8. The largest absolute Gasteiger partial charge is 0.460 e. The summed E-state index contributed by atoms with van der Waals surface area (Å²) in [4.78, 5) is 12.1. The average molecular weight is 748 g/mol. The number of ether oxygens (including phenoxy) is 12. The van der Waals surface area contributed by atoms with Crippen molar-refractivity contribution in [2.75, 3.05) is 164 Å². The van der Waals surface area contributed by atoms with Gasteiger partial charge < -0.3 is 62.2 Å². The fourth-order valence-corrected chi connectivity index (χ4v) is 4.17. The first-order valence-corrected chi connectivity index (χ1v) is 19.1. The van der Waals surface area contributed by atoms with E-state index in [2.05, 4.69) is 19.2 Å². The Bertz CT molecular complexity index is 866. The summed E-state index contributed by atoms with van der Waals surface area (Å²) in [7, 11) is 0. The molecule has 0 amide bonds. The third-order valence-electron chi connectivity index (χ3n) is 7.05. The predicted molar refractivity (Wildman–Crippen MR) is 199 cm³/mol. The van der Waals surface area contributed by atoms with Crippen LogP contribution in [0.5, 0.6) is 0 Å². The molecule has 0 fully saturated rings. The van der Waals surface area contributed by atoms with Gasteiger partial charge in [0.1, 0.15) is 6.61 Å². The van der Waals surface area contributed by atoms with Gasteiger partial charge in [0, 0.05) is 18.8 Å². The second-order valence-electron chi connectivity index (χ2n) is 11.4. The van der Waals surface area contributed by atoms with Crippen molar-refractivity contribution in [2.45, 2.75) is 46.0 Å². The minimum atomic E-state index is -0.360. The van der Waals surface area contributed by atoms with Gasteiger partial charge in [-0.25, -0.2) is 4.79 Å². The van der Waals surface area contributed by atoms with Gasteiger partial charge >= 0.3 is 5.97 Å². The van der Waals surface area contributed by atoms with Crippen LogP contribution >= 0.6 is 0 Å². The normalized spacial score (nSPS) is 11.3. The molecule has 0 saturated carbocycles. The van der Waals surface area contributed by atoms with E-state index in [1.54, 1.807) is 12.1 Å². The smallest absolute Gasteiger partial charge is 0.338 e. The van der Waals surface area contributed by atoms with Crippen LogP contribution < -0.4 is 5.32 Å². The van der Waals surface area contributed by atoms with Crippen LogP contribution in [0.25, 0.3) is 0 Å². The van der Waals surface area contributed by atoms with Crippen LogP contribution in [0.15, 0.2) is 24.3 Å². The van der Waals surface area contributed by atoms with E-state index in [-0.39, 0.29) is 12.6 Å². The van der Waals surface area contributed by atoms with Crippen LogP contribution in [0.1, 0.15) is 56.3 Å². The minimum Gasteiger partial charge on any atom is -0.460 e. The topological polar surface area (TPSA) is 140 Å². The molecule has 0 atom stereocenters. The molecule has 304 valence electrons. The van der Waals surface area contributed by atoms with Crippen LogP contribution in [-0.4, -0.2) is 164 Å².